The van der Waals surface area contributed by atoms with Crippen molar-refractivity contribution in [2.24, 2.45) is 0 Å². The van der Waals surface area contributed by atoms with Gasteiger partial charge in [0.1, 0.15) is 11.5 Å². The number of H-pyrrole nitrogens is 1. The van der Waals surface area contributed by atoms with Gasteiger partial charge in [-0.15, -0.1) is 5.10 Å². The summed E-state index contributed by atoms with van der Waals surface area (Å²) in [7, 11) is -0.552. The Bertz CT molecular complexity index is 1170. The van der Waals surface area contributed by atoms with E-state index in [2.05, 4.69) is 25.2 Å². The van der Waals surface area contributed by atoms with Crippen molar-refractivity contribution in [1.82, 2.24) is 19.9 Å². The third-order valence-electron chi connectivity index (χ3n) is 4.19. The van der Waals surface area contributed by atoms with Crippen molar-refractivity contribution < 1.29 is 22.7 Å². The molecule has 0 unspecified atom stereocenters. The number of anilines is 1. The molecule has 1 heterocycles. The Morgan fingerprint density at radius 3 is 2.39 bits per heavy atom. The Morgan fingerprint density at radius 1 is 1.06 bits per heavy atom. The lowest BCUT2D eigenvalue weighted by Crippen LogP contribution is -2.30. The lowest BCUT2D eigenvalue weighted by molar-refractivity contribution is 0.102. The molecule has 3 rings (SSSR count). The number of rotatable bonds is 8. The number of nitrogens with one attached hydrogen (secondary N) is 3. The van der Waals surface area contributed by atoms with E-state index < -0.39 is 15.9 Å². The van der Waals surface area contributed by atoms with Crippen molar-refractivity contribution in [3.8, 4) is 22.9 Å². The molecule has 1 amide bonds. The van der Waals surface area contributed by atoms with Crippen molar-refractivity contribution in [2.75, 3.05) is 19.5 Å². The van der Waals surface area contributed by atoms with Gasteiger partial charge in [-0.2, -0.15) is 4.98 Å². The second-order valence-electron chi connectivity index (χ2n) is 6.83. The summed E-state index contributed by atoms with van der Waals surface area (Å²) in [5, 5.41) is 9.33. The first-order valence-electron chi connectivity index (χ1n) is 9.32. The molecule has 0 aliphatic carbocycles. The molecule has 0 saturated carbocycles. The summed E-state index contributed by atoms with van der Waals surface area (Å²) in [6.45, 7) is 3.46. The number of sulfonamides is 1. The third-order valence-corrected chi connectivity index (χ3v) is 5.87. The second kappa shape index (κ2) is 9.14. The maximum Gasteiger partial charge on any atom is 0.258 e. The summed E-state index contributed by atoms with van der Waals surface area (Å²) >= 11 is 0. The first kappa shape index (κ1) is 22.2. The molecule has 0 bridgehead atoms. The zero-order valence-electron chi connectivity index (χ0n) is 17.5. The molecule has 3 N–H and O–H groups in total. The molecule has 10 nitrogen and oxygen atoms in total. The highest BCUT2D eigenvalue weighted by Crippen LogP contribution is 2.31. The van der Waals surface area contributed by atoms with Crippen LogP contribution in [-0.4, -0.2) is 49.8 Å². The largest absolute Gasteiger partial charge is 0.497 e. The topological polar surface area (TPSA) is 135 Å². The number of ether oxygens (including phenoxy) is 2. The Morgan fingerprint density at radius 2 is 1.77 bits per heavy atom. The molecule has 0 spiro atoms. The molecule has 164 valence electrons. The highest BCUT2D eigenvalue weighted by atomic mass is 32.2. The van der Waals surface area contributed by atoms with Crippen LogP contribution < -0.4 is 19.5 Å². The molecule has 0 radical (unpaired) electrons. The van der Waals surface area contributed by atoms with E-state index in [1.807, 2.05) is 0 Å². The Hall–Kier alpha value is -3.44. The van der Waals surface area contributed by atoms with Gasteiger partial charge in [-0.05, 0) is 50.2 Å². The van der Waals surface area contributed by atoms with Gasteiger partial charge < -0.3 is 9.47 Å². The van der Waals surface area contributed by atoms with Gasteiger partial charge in [0.25, 0.3) is 5.91 Å². The fraction of sp³-hybridized carbons (Fsp3) is 0.250. The zero-order chi connectivity index (χ0) is 22.6. The molecule has 31 heavy (non-hydrogen) atoms. The number of nitrogens with zero attached hydrogens (tertiary/aromatic N) is 2. The fourth-order valence-electron chi connectivity index (χ4n) is 2.77. The second-order valence-corrected chi connectivity index (χ2v) is 8.54. The first-order chi connectivity index (χ1) is 14.7. The smallest absolute Gasteiger partial charge is 0.258 e. The summed E-state index contributed by atoms with van der Waals surface area (Å²) in [4.78, 5) is 16.8. The molecule has 0 atom stereocenters. The molecule has 3 aromatic rings. The van der Waals surface area contributed by atoms with Gasteiger partial charge in [0.15, 0.2) is 5.82 Å². The number of hydrogen-bond donors (Lipinski definition) is 3. The summed E-state index contributed by atoms with van der Waals surface area (Å²) in [5.41, 5.74) is 0.903. The van der Waals surface area contributed by atoms with Gasteiger partial charge in [0.2, 0.25) is 16.0 Å². The van der Waals surface area contributed by atoms with E-state index in [-0.39, 0.29) is 22.4 Å². The summed E-state index contributed by atoms with van der Waals surface area (Å²) < 4.78 is 37.4. The van der Waals surface area contributed by atoms with Crippen LogP contribution in [0.15, 0.2) is 47.4 Å². The number of carbonyl (C=O) groups is 1. The lowest BCUT2D eigenvalue weighted by atomic mass is 10.2. The summed E-state index contributed by atoms with van der Waals surface area (Å²) in [6, 6.07) is 10.6. The highest BCUT2D eigenvalue weighted by Gasteiger charge is 2.17. The SMILES string of the molecule is COc1ccc(-c2nc(NC(=O)c3ccc(S(=O)(=O)NC(C)C)cc3)n[nH]2)c(OC)c1. The normalized spacial score (nSPS) is 11.4. The number of methoxy groups -OCH3 is 2. The van der Waals surface area contributed by atoms with Crippen molar-refractivity contribution >= 4 is 21.9 Å². The number of benzene rings is 2. The maximum absolute atomic E-state index is 12.5. The standard InChI is InChI=1S/C20H23N5O5S/c1-12(2)25-31(27,28)15-8-5-13(6-9-15)19(26)22-20-21-18(23-24-20)16-10-7-14(29-3)11-17(16)30-4/h5-12,25H,1-4H3,(H2,21,22,23,24,26). The molecule has 0 aliphatic heterocycles. The van der Waals surface area contributed by atoms with Crippen molar-refractivity contribution in [2.45, 2.75) is 24.8 Å². The number of carbonyl (C=O) groups excluding carboxylic acids is 1. The Kier molecular flexibility index (Phi) is 6.56. The number of hydrogen-bond acceptors (Lipinski definition) is 7. The van der Waals surface area contributed by atoms with Crippen LogP contribution in [0, 0.1) is 0 Å². The van der Waals surface area contributed by atoms with Crippen LogP contribution in [0.1, 0.15) is 24.2 Å². The predicted octanol–water partition coefficient (Wildman–Crippen LogP) is 2.43. The van der Waals surface area contributed by atoms with Crippen molar-refractivity contribution in [3.63, 3.8) is 0 Å². The van der Waals surface area contributed by atoms with Crippen LogP contribution in [0.3, 0.4) is 0 Å². The minimum absolute atomic E-state index is 0.0658. The fourth-order valence-corrected chi connectivity index (χ4v) is 4.02. The van der Waals surface area contributed by atoms with E-state index in [0.29, 0.717) is 22.9 Å². The van der Waals surface area contributed by atoms with Crippen LogP contribution in [0.5, 0.6) is 11.5 Å². The minimum Gasteiger partial charge on any atom is -0.497 e. The van der Waals surface area contributed by atoms with E-state index >= 15 is 0 Å². The third kappa shape index (κ3) is 5.19. The van der Waals surface area contributed by atoms with Crippen LogP contribution in [0.4, 0.5) is 5.95 Å². The van der Waals surface area contributed by atoms with E-state index in [0.717, 1.165) is 0 Å². The lowest BCUT2D eigenvalue weighted by Gasteiger charge is -2.09. The molecule has 1 aromatic heterocycles. The van der Waals surface area contributed by atoms with E-state index in [9.17, 15) is 13.2 Å². The number of aromatic amines is 1. The van der Waals surface area contributed by atoms with Gasteiger partial charge in [-0.1, -0.05) is 0 Å². The quantitative estimate of drug-likeness (QED) is 0.484. The molecular formula is C20H23N5O5S. The van der Waals surface area contributed by atoms with E-state index in [4.69, 9.17) is 9.47 Å². The Balaban J connectivity index is 1.75. The molecular weight excluding hydrogens is 422 g/mol. The average molecular weight is 446 g/mol. The van der Waals surface area contributed by atoms with Gasteiger partial charge in [0, 0.05) is 17.7 Å². The van der Waals surface area contributed by atoms with Gasteiger partial charge in [-0.25, -0.2) is 13.1 Å². The predicted molar refractivity (Wildman–Crippen MR) is 115 cm³/mol. The zero-order valence-corrected chi connectivity index (χ0v) is 18.3. The molecule has 0 fully saturated rings. The van der Waals surface area contributed by atoms with Gasteiger partial charge >= 0.3 is 0 Å². The van der Waals surface area contributed by atoms with Crippen molar-refractivity contribution in [1.29, 1.82) is 0 Å². The molecule has 0 saturated heterocycles. The summed E-state index contributed by atoms with van der Waals surface area (Å²) in [6.07, 6.45) is 0. The van der Waals surface area contributed by atoms with E-state index in [1.165, 1.54) is 31.4 Å². The van der Waals surface area contributed by atoms with E-state index in [1.54, 1.807) is 39.2 Å². The Labute approximate surface area is 180 Å². The van der Waals surface area contributed by atoms with Gasteiger partial charge in [-0.3, -0.25) is 15.2 Å². The van der Waals surface area contributed by atoms with Crippen LogP contribution >= 0.6 is 0 Å². The highest BCUT2D eigenvalue weighted by molar-refractivity contribution is 7.89. The molecule has 0 aliphatic rings. The molecule has 11 heteroatoms. The van der Waals surface area contributed by atoms with Crippen LogP contribution in [-0.2, 0) is 10.0 Å². The first-order valence-corrected chi connectivity index (χ1v) is 10.8. The van der Waals surface area contributed by atoms with Crippen LogP contribution in [0.2, 0.25) is 0 Å². The number of amides is 1. The maximum atomic E-state index is 12.5. The van der Waals surface area contributed by atoms with Gasteiger partial charge in [0.05, 0.1) is 24.7 Å². The molecule has 2 aromatic carbocycles. The van der Waals surface area contributed by atoms with Crippen molar-refractivity contribution in [3.05, 3.63) is 48.0 Å². The monoisotopic (exact) mass is 445 g/mol. The van der Waals surface area contributed by atoms with Crippen LogP contribution in [0.25, 0.3) is 11.4 Å². The average Bonchev–Trinajstić information content (AvgIpc) is 3.20. The minimum atomic E-state index is -3.63. The number of aromatic nitrogens is 3. The summed E-state index contributed by atoms with van der Waals surface area (Å²) in [5.74, 6) is 1.14.